The second kappa shape index (κ2) is 7.31. The Labute approximate surface area is 152 Å². The van der Waals surface area contributed by atoms with Gasteiger partial charge in [0, 0.05) is 22.2 Å². The summed E-state index contributed by atoms with van der Waals surface area (Å²) in [6, 6.07) is 19.1. The molecular formula is C22H20N2O2. The van der Waals surface area contributed by atoms with Gasteiger partial charge in [0.05, 0.1) is 16.6 Å². The molecule has 0 radical (unpaired) electrons. The molecule has 0 aliphatic heterocycles. The van der Waals surface area contributed by atoms with Gasteiger partial charge in [-0.25, -0.2) is 4.79 Å². The van der Waals surface area contributed by atoms with Crippen molar-refractivity contribution in [1.82, 2.24) is 9.97 Å². The van der Waals surface area contributed by atoms with Gasteiger partial charge in [-0.1, -0.05) is 23.8 Å². The number of fused-ring (bicyclic) bond motifs is 2. The van der Waals surface area contributed by atoms with Crippen molar-refractivity contribution < 1.29 is 9.90 Å². The molecule has 130 valence electrons. The summed E-state index contributed by atoms with van der Waals surface area (Å²) in [4.78, 5) is 19.4. The van der Waals surface area contributed by atoms with Crippen molar-refractivity contribution in [3.05, 3.63) is 83.2 Å². The molecule has 2 aromatic carbocycles. The standard InChI is InChI=1S/C11H9NO2.C11H11N/c1-7-2-3-8-6-9(11(13)14)4-5-10(8)12-7;1-8-3-6-11-10(7-8)5-4-9(2)12-11/h2-6H,1H3,(H,13,14);3-7H,1-2H3. The molecule has 2 aromatic heterocycles. The molecule has 1 N–H and O–H groups in total. The molecule has 0 fully saturated rings. The average Bonchev–Trinajstić information content (AvgIpc) is 2.62. The maximum Gasteiger partial charge on any atom is 0.335 e. The smallest absolute Gasteiger partial charge is 0.335 e. The Balaban J connectivity index is 0.000000152. The Hall–Kier alpha value is -3.27. The lowest BCUT2D eigenvalue weighted by atomic mass is 10.1. The van der Waals surface area contributed by atoms with Crippen LogP contribution in [0.15, 0.2) is 60.7 Å². The summed E-state index contributed by atoms with van der Waals surface area (Å²) >= 11 is 0. The Kier molecular flexibility index (Phi) is 4.94. The zero-order valence-corrected chi connectivity index (χ0v) is 15.0. The summed E-state index contributed by atoms with van der Waals surface area (Å²) in [5, 5.41) is 10.9. The number of hydrogen-bond donors (Lipinski definition) is 1. The molecule has 0 spiro atoms. The van der Waals surface area contributed by atoms with Crippen LogP contribution in [0.1, 0.15) is 27.3 Å². The number of nitrogens with zero attached hydrogens (tertiary/aromatic N) is 2. The van der Waals surface area contributed by atoms with Crippen LogP contribution < -0.4 is 0 Å². The molecular weight excluding hydrogens is 324 g/mol. The van der Waals surface area contributed by atoms with Crippen molar-refractivity contribution in [2.75, 3.05) is 0 Å². The number of aromatic nitrogens is 2. The first-order valence-electron chi connectivity index (χ1n) is 8.37. The second-order valence-electron chi connectivity index (χ2n) is 6.31. The van der Waals surface area contributed by atoms with E-state index >= 15 is 0 Å². The van der Waals surface area contributed by atoms with Crippen LogP contribution in [0.2, 0.25) is 0 Å². The maximum absolute atomic E-state index is 10.7. The molecule has 0 unspecified atom stereocenters. The van der Waals surface area contributed by atoms with Crippen molar-refractivity contribution >= 4 is 27.8 Å². The highest BCUT2D eigenvalue weighted by Gasteiger charge is 2.03. The van der Waals surface area contributed by atoms with Crippen LogP contribution in [0.3, 0.4) is 0 Å². The molecule has 0 atom stereocenters. The summed E-state index contributed by atoms with van der Waals surface area (Å²) < 4.78 is 0. The van der Waals surface area contributed by atoms with Gasteiger partial charge in [0.2, 0.25) is 0 Å². The van der Waals surface area contributed by atoms with Crippen molar-refractivity contribution in [1.29, 1.82) is 0 Å². The van der Waals surface area contributed by atoms with Crippen LogP contribution >= 0.6 is 0 Å². The Morgan fingerprint density at radius 3 is 1.85 bits per heavy atom. The third-order valence-corrected chi connectivity index (χ3v) is 4.06. The molecule has 4 aromatic rings. The van der Waals surface area contributed by atoms with Crippen LogP contribution in [-0.4, -0.2) is 21.0 Å². The minimum Gasteiger partial charge on any atom is -0.478 e. The molecule has 4 rings (SSSR count). The lowest BCUT2D eigenvalue weighted by molar-refractivity contribution is 0.0697. The Morgan fingerprint density at radius 1 is 0.731 bits per heavy atom. The van der Waals surface area contributed by atoms with Crippen LogP contribution in [0.25, 0.3) is 21.8 Å². The van der Waals surface area contributed by atoms with Crippen molar-refractivity contribution in [3.63, 3.8) is 0 Å². The zero-order valence-electron chi connectivity index (χ0n) is 15.0. The number of carboxylic acid groups (broad SMARTS) is 1. The molecule has 0 bridgehead atoms. The quantitative estimate of drug-likeness (QED) is 0.522. The van der Waals surface area contributed by atoms with Gasteiger partial charge in [-0.2, -0.15) is 0 Å². The van der Waals surface area contributed by atoms with Gasteiger partial charge >= 0.3 is 5.97 Å². The molecule has 26 heavy (non-hydrogen) atoms. The maximum atomic E-state index is 10.7. The van der Waals surface area contributed by atoms with Crippen LogP contribution in [0.5, 0.6) is 0 Å². The molecule has 0 aliphatic rings. The lowest BCUT2D eigenvalue weighted by Crippen LogP contribution is -1.95. The first-order chi connectivity index (χ1) is 12.4. The monoisotopic (exact) mass is 344 g/mol. The Bertz CT molecular complexity index is 1060. The molecule has 0 saturated heterocycles. The van der Waals surface area contributed by atoms with Crippen LogP contribution in [0.4, 0.5) is 0 Å². The van der Waals surface area contributed by atoms with E-state index in [9.17, 15) is 4.79 Å². The summed E-state index contributed by atoms with van der Waals surface area (Å²) in [6.07, 6.45) is 0. The number of hydrogen-bond acceptors (Lipinski definition) is 3. The fourth-order valence-electron chi connectivity index (χ4n) is 2.71. The summed E-state index contributed by atoms with van der Waals surface area (Å²) in [5.41, 5.74) is 5.50. The molecule has 0 amide bonds. The fraction of sp³-hybridized carbons (Fsp3) is 0.136. The van der Waals surface area contributed by atoms with E-state index in [0.717, 1.165) is 27.8 Å². The summed E-state index contributed by atoms with van der Waals surface area (Å²) in [7, 11) is 0. The molecule has 0 aliphatic carbocycles. The van der Waals surface area contributed by atoms with E-state index < -0.39 is 5.97 Å². The molecule has 4 heteroatoms. The van der Waals surface area contributed by atoms with Gasteiger partial charge < -0.3 is 5.11 Å². The van der Waals surface area contributed by atoms with E-state index in [0.29, 0.717) is 5.56 Å². The first-order valence-corrected chi connectivity index (χ1v) is 8.37. The van der Waals surface area contributed by atoms with Gasteiger partial charge in [0.25, 0.3) is 0 Å². The third kappa shape index (κ3) is 4.03. The van der Waals surface area contributed by atoms with Crippen LogP contribution in [0, 0.1) is 20.8 Å². The normalized spacial score (nSPS) is 10.4. The topological polar surface area (TPSA) is 63.1 Å². The highest BCUT2D eigenvalue weighted by Crippen LogP contribution is 2.15. The van der Waals surface area contributed by atoms with E-state index in [1.165, 1.54) is 10.9 Å². The van der Waals surface area contributed by atoms with E-state index in [-0.39, 0.29) is 0 Å². The highest BCUT2D eigenvalue weighted by atomic mass is 16.4. The fourth-order valence-corrected chi connectivity index (χ4v) is 2.71. The SMILES string of the molecule is Cc1ccc2cc(C(=O)O)ccc2n1.Cc1ccc2nc(C)ccc2c1. The van der Waals surface area contributed by atoms with Crippen molar-refractivity contribution in [2.45, 2.75) is 20.8 Å². The number of carboxylic acids is 1. The molecule has 4 nitrogen and oxygen atoms in total. The van der Waals surface area contributed by atoms with Gasteiger partial charge in [0.1, 0.15) is 0 Å². The zero-order chi connectivity index (χ0) is 18.7. The van der Waals surface area contributed by atoms with Crippen molar-refractivity contribution in [2.24, 2.45) is 0 Å². The van der Waals surface area contributed by atoms with E-state index in [4.69, 9.17) is 5.11 Å². The van der Waals surface area contributed by atoms with Crippen molar-refractivity contribution in [3.8, 4) is 0 Å². The lowest BCUT2D eigenvalue weighted by Gasteiger charge is -1.99. The summed E-state index contributed by atoms with van der Waals surface area (Å²) in [6.45, 7) is 6.02. The van der Waals surface area contributed by atoms with E-state index in [2.05, 4.69) is 41.2 Å². The molecule has 2 heterocycles. The van der Waals surface area contributed by atoms with E-state index in [1.54, 1.807) is 18.2 Å². The average molecular weight is 344 g/mol. The van der Waals surface area contributed by atoms with E-state index in [1.807, 2.05) is 32.0 Å². The summed E-state index contributed by atoms with van der Waals surface area (Å²) in [5.74, 6) is -0.910. The third-order valence-electron chi connectivity index (χ3n) is 4.06. The predicted octanol–water partition coefficient (Wildman–Crippen LogP) is 5.09. The number of rotatable bonds is 1. The Morgan fingerprint density at radius 2 is 1.27 bits per heavy atom. The van der Waals surface area contributed by atoms with Gasteiger partial charge in [-0.05, 0) is 63.2 Å². The second-order valence-corrected chi connectivity index (χ2v) is 6.31. The minimum atomic E-state index is -0.910. The molecule has 0 saturated carbocycles. The number of pyridine rings is 2. The van der Waals surface area contributed by atoms with Crippen LogP contribution in [-0.2, 0) is 0 Å². The van der Waals surface area contributed by atoms with Gasteiger partial charge in [0.15, 0.2) is 0 Å². The number of aromatic carboxylic acids is 1. The van der Waals surface area contributed by atoms with Gasteiger partial charge in [-0.15, -0.1) is 0 Å². The number of aryl methyl sites for hydroxylation is 3. The minimum absolute atomic E-state index is 0.295. The number of carbonyl (C=O) groups is 1. The predicted molar refractivity (Wildman–Crippen MR) is 105 cm³/mol. The first kappa shape index (κ1) is 17.5. The van der Waals surface area contributed by atoms with Gasteiger partial charge in [-0.3, -0.25) is 9.97 Å². The number of benzene rings is 2. The largest absolute Gasteiger partial charge is 0.478 e. The highest BCUT2D eigenvalue weighted by molar-refractivity contribution is 5.93.